The summed E-state index contributed by atoms with van der Waals surface area (Å²) in [5.74, 6) is -3.82. The van der Waals surface area contributed by atoms with Crippen molar-refractivity contribution in [1.82, 2.24) is 9.80 Å². The van der Waals surface area contributed by atoms with E-state index < -0.39 is 35.6 Å². The smallest absolute Gasteiger partial charge is 0.305 e. The van der Waals surface area contributed by atoms with Gasteiger partial charge in [-0.25, -0.2) is 0 Å². The van der Waals surface area contributed by atoms with E-state index >= 15 is 0 Å². The van der Waals surface area contributed by atoms with Crippen LogP contribution in [0, 0.1) is 0 Å². The number of carbonyl (C=O) groups excluding carboxylic acids is 4. The Balaban J connectivity index is 0.000000472. The topological polar surface area (TPSA) is 149 Å². The maximum absolute atomic E-state index is 10.8. The van der Waals surface area contributed by atoms with E-state index in [1.165, 1.54) is 25.7 Å². The SMILES string of the molecule is CCC[CH2][Sn][CH2]CCC.O=C(O)CCN1C(=O)C=CC1=O.O=C(O)CCN1C(=O)C=CC1=O. The molecule has 2 N–H and O–H groups in total. The van der Waals surface area contributed by atoms with Gasteiger partial charge in [-0.15, -0.1) is 0 Å². The summed E-state index contributed by atoms with van der Waals surface area (Å²) < 4.78 is 3.25. The monoisotopic (exact) mass is 572 g/mol. The van der Waals surface area contributed by atoms with Gasteiger partial charge in [0.05, 0.1) is 12.8 Å². The Kier molecular flexibility index (Phi) is 16.6. The molecule has 33 heavy (non-hydrogen) atoms. The predicted octanol–water partition coefficient (Wildman–Crippen LogP) is 1.90. The van der Waals surface area contributed by atoms with Crippen molar-refractivity contribution in [3.05, 3.63) is 24.3 Å². The molecule has 182 valence electrons. The molecule has 2 aliphatic heterocycles. The zero-order valence-electron chi connectivity index (χ0n) is 19.1. The van der Waals surface area contributed by atoms with Gasteiger partial charge in [0.2, 0.25) is 0 Å². The van der Waals surface area contributed by atoms with E-state index in [4.69, 9.17) is 10.2 Å². The van der Waals surface area contributed by atoms with Gasteiger partial charge >= 0.3 is 81.5 Å². The molecule has 2 heterocycles. The molecule has 11 heteroatoms. The summed E-state index contributed by atoms with van der Waals surface area (Å²) in [5, 5.41) is 16.6. The Morgan fingerprint density at radius 2 is 1.00 bits per heavy atom. The number of hydrogen-bond acceptors (Lipinski definition) is 6. The Bertz CT molecular complexity index is 665. The van der Waals surface area contributed by atoms with Crippen LogP contribution >= 0.6 is 0 Å². The molecular formula is C22H32N2O8Sn. The molecular weight excluding hydrogens is 539 g/mol. The first-order valence-corrected chi connectivity index (χ1v) is 14.9. The molecule has 0 saturated heterocycles. The van der Waals surface area contributed by atoms with Gasteiger partial charge in [0, 0.05) is 37.4 Å². The summed E-state index contributed by atoms with van der Waals surface area (Å²) in [6, 6.07) is 0. The molecule has 0 aliphatic carbocycles. The molecule has 0 bridgehead atoms. The summed E-state index contributed by atoms with van der Waals surface area (Å²) in [6.45, 7) is 4.47. The molecule has 2 radical (unpaired) electrons. The Hall–Kier alpha value is -2.50. The van der Waals surface area contributed by atoms with E-state index in [2.05, 4.69) is 13.8 Å². The van der Waals surface area contributed by atoms with Gasteiger partial charge in [-0.1, -0.05) is 0 Å². The van der Waals surface area contributed by atoms with Gasteiger partial charge in [0.1, 0.15) is 0 Å². The van der Waals surface area contributed by atoms with E-state index in [-0.39, 0.29) is 47.1 Å². The molecule has 10 nitrogen and oxygen atoms in total. The maximum atomic E-state index is 10.8. The average Bonchev–Trinajstić information content (AvgIpc) is 3.25. The predicted molar refractivity (Wildman–Crippen MR) is 121 cm³/mol. The number of hydrogen-bond donors (Lipinski definition) is 2. The largest absolute Gasteiger partial charge is 0.481 e. The fourth-order valence-electron chi connectivity index (χ4n) is 2.45. The molecule has 0 spiro atoms. The molecule has 0 unspecified atom stereocenters. The molecule has 2 rings (SSSR count). The van der Waals surface area contributed by atoms with Crippen LogP contribution in [0.4, 0.5) is 0 Å². The van der Waals surface area contributed by atoms with Crippen LogP contribution in [0.15, 0.2) is 24.3 Å². The second-order valence-corrected chi connectivity index (χ2v) is 11.3. The van der Waals surface area contributed by atoms with Crippen LogP contribution < -0.4 is 0 Å². The summed E-state index contributed by atoms with van der Waals surface area (Å²) >= 11 is 0.149. The number of amides is 4. The first kappa shape index (κ1) is 30.5. The fourth-order valence-corrected chi connectivity index (χ4v) is 6.61. The third kappa shape index (κ3) is 14.3. The molecule has 0 saturated carbocycles. The Labute approximate surface area is 203 Å². The zero-order valence-corrected chi connectivity index (χ0v) is 22.0. The van der Waals surface area contributed by atoms with Gasteiger partial charge in [0.15, 0.2) is 0 Å². The third-order valence-electron chi connectivity index (χ3n) is 4.31. The van der Waals surface area contributed by atoms with Crippen molar-refractivity contribution in [3.8, 4) is 0 Å². The van der Waals surface area contributed by atoms with Crippen molar-refractivity contribution in [1.29, 1.82) is 0 Å². The van der Waals surface area contributed by atoms with Crippen LogP contribution in [-0.4, -0.2) is 89.8 Å². The standard InChI is InChI=1S/2C7H7NO4.2C4H9.Sn/c2*9-5-1-2-6(10)8(5)4-3-7(11)12;2*1-3-4-2;/h2*1-2H,3-4H2,(H,11,12);2*1,3-4H2,2H3;. The van der Waals surface area contributed by atoms with Gasteiger partial charge in [-0.05, 0) is 0 Å². The Morgan fingerprint density at radius 3 is 1.24 bits per heavy atom. The minimum absolute atomic E-state index is 0.0556. The molecule has 0 atom stereocenters. The molecule has 2 aliphatic rings. The summed E-state index contributed by atoms with van der Waals surface area (Å²) in [7, 11) is 0. The van der Waals surface area contributed by atoms with E-state index in [0.717, 1.165) is 34.1 Å². The number of rotatable bonds is 12. The second-order valence-electron chi connectivity index (χ2n) is 7.07. The normalized spacial score (nSPS) is 14.2. The minimum Gasteiger partial charge on any atom is -0.481 e. The second kappa shape index (κ2) is 18.0. The average molecular weight is 571 g/mol. The van der Waals surface area contributed by atoms with E-state index in [1.807, 2.05) is 0 Å². The first-order valence-electron chi connectivity index (χ1n) is 10.8. The fraction of sp³-hybridized carbons (Fsp3) is 0.545. The van der Waals surface area contributed by atoms with Crippen LogP contribution in [0.5, 0.6) is 0 Å². The van der Waals surface area contributed by atoms with Gasteiger partial charge in [-0.3, -0.25) is 38.6 Å². The number of carboxylic acid groups (broad SMARTS) is 2. The number of carbonyl (C=O) groups is 6. The number of aliphatic carboxylic acids is 2. The summed E-state index contributed by atoms with van der Waals surface area (Å²) in [6.07, 6.45) is 9.94. The van der Waals surface area contributed by atoms with Gasteiger partial charge in [-0.2, -0.15) is 0 Å². The van der Waals surface area contributed by atoms with Crippen molar-refractivity contribution < 1.29 is 39.0 Å². The molecule has 0 aromatic rings. The van der Waals surface area contributed by atoms with Crippen LogP contribution in [0.2, 0.25) is 8.87 Å². The third-order valence-corrected chi connectivity index (χ3v) is 8.35. The van der Waals surface area contributed by atoms with Crippen molar-refractivity contribution in [2.45, 2.75) is 61.2 Å². The number of imide groups is 2. The summed E-state index contributed by atoms with van der Waals surface area (Å²) in [4.78, 5) is 65.3. The first-order chi connectivity index (χ1) is 15.6. The van der Waals surface area contributed by atoms with Crippen LogP contribution in [-0.2, 0) is 28.8 Å². The van der Waals surface area contributed by atoms with Crippen molar-refractivity contribution in [2.24, 2.45) is 0 Å². The zero-order chi connectivity index (χ0) is 25.2. The number of unbranched alkanes of at least 4 members (excludes halogenated alkanes) is 2. The van der Waals surface area contributed by atoms with E-state index in [0.29, 0.717) is 0 Å². The van der Waals surface area contributed by atoms with Crippen molar-refractivity contribution >= 4 is 56.7 Å². The number of nitrogens with zero attached hydrogens (tertiary/aromatic N) is 2. The maximum Gasteiger partial charge on any atom is 0.305 e. The summed E-state index contributed by atoms with van der Waals surface area (Å²) in [5.41, 5.74) is 0. The quantitative estimate of drug-likeness (QED) is 0.205. The number of carboxylic acids is 2. The van der Waals surface area contributed by atoms with E-state index in [9.17, 15) is 28.8 Å². The molecule has 0 aromatic carbocycles. The van der Waals surface area contributed by atoms with Crippen LogP contribution in [0.25, 0.3) is 0 Å². The van der Waals surface area contributed by atoms with Gasteiger partial charge in [0.25, 0.3) is 23.6 Å². The van der Waals surface area contributed by atoms with Crippen molar-refractivity contribution in [2.75, 3.05) is 13.1 Å². The van der Waals surface area contributed by atoms with Crippen LogP contribution in [0.1, 0.15) is 52.4 Å². The molecule has 0 aromatic heterocycles. The Morgan fingerprint density at radius 1 is 0.697 bits per heavy atom. The molecule has 0 fully saturated rings. The van der Waals surface area contributed by atoms with E-state index in [1.54, 1.807) is 8.87 Å². The minimum atomic E-state index is -1.03. The molecule has 4 amide bonds. The van der Waals surface area contributed by atoms with Gasteiger partial charge < -0.3 is 10.2 Å². The van der Waals surface area contributed by atoms with Crippen molar-refractivity contribution in [3.63, 3.8) is 0 Å². The van der Waals surface area contributed by atoms with Crippen LogP contribution in [0.3, 0.4) is 0 Å².